The van der Waals surface area contributed by atoms with Crippen molar-refractivity contribution in [2.45, 2.75) is 6.92 Å². The summed E-state index contributed by atoms with van der Waals surface area (Å²) in [6, 6.07) is 0. The first-order valence-electron chi connectivity index (χ1n) is 2.87. The lowest BCUT2D eigenvalue weighted by Crippen LogP contribution is -2.39. The average molecular weight is 162 g/mol. The molecule has 0 aliphatic carbocycles. The summed E-state index contributed by atoms with van der Waals surface area (Å²) in [7, 11) is 2.69. The topological polar surface area (TPSA) is 86.4 Å². The largest absolute Gasteiger partial charge is 0.612 e. The van der Waals surface area contributed by atoms with Crippen molar-refractivity contribution in [1.82, 2.24) is 0 Å². The zero-order valence-corrected chi connectivity index (χ0v) is 7.00. The molecular formula is C6H14N2O3. The van der Waals surface area contributed by atoms with Crippen molar-refractivity contribution in [3.05, 3.63) is 17.4 Å². The zero-order chi connectivity index (χ0) is 9.65. The van der Waals surface area contributed by atoms with Crippen molar-refractivity contribution in [1.29, 1.82) is 0 Å². The van der Waals surface area contributed by atoms with E-state index in [1.807, 2.05) is 0 Å². The molecule has 0 aromatic carbocycles. The molecule has 0 aliphatic rings. The average Bonchev–Trinajstić information content (AvgIpc) is 1.59. The van der Waals surface area contributed by atoms with Gasteiger partial charge in [-0.15, -0.1) is 0 Å². The number of hydroxylamine groups is 2. The van der Waals surface area contributed by atoms with E-state index in [4.69, 9.17) is 10.9 Å². The number of hydrogen-bond acceptors (Lipinski definition) is 3. The summed E-state index contributed by atoms with van der Waals surface area (Å²) < 4.78 is -0.750. The molecule has 0 heterocycles. The smallest absolute Gasteiger partial charge is 0.330 e. The summed E-state index contributed by atoms with van der Waals surface area (Å²) in [5, 5.41) is 17.7. The van der Waals surface area contributed by atoms with Gasteiger partial charge in [-0.25, -0.2) is 4.79 Å². The van der Waals surface area contributed by atoms with Gasteiger partial charge < -0.3 is 10.3 Å². The number of carboxylic acids is 1. The third-order valence-corrected chi connectivity index (χ3v) is 0.365. The number of carbonyl (C=O) groups is 1. The van der Waals surface area contributed by atoms with Crippen molar-refractivity contribution in [2.24, 2.45) is 5.84 Å². The Morgan fingerprint density at radius 3 is 1.73 bits per heavy atom. The highest BCUT2D eigenvalue weighted by Gasteiger charge is 1.90. The van der Waals surface area contributed by atoms with E-state index in [0.717, 1.165) is 0 Å². The maximum atomic E-state index is 9.82. The lowest BCUT2D eigenvalue weighted by Gasteiger charge is -2.24. The maximum Gasteiger partial charge on any atom is 0.330 e. The SMILES string of the molecule is C=C(C)C(=O)O.C[N+](C)(N)[O-]. The van der Waals surface area contributed by atoms with Crippen molar-refractivity contribution < 1.29 is 14.7 Å². The molecule has 5 heteroatoms. The number of aliphatic carboxylic acids is 1. The minimum absolute atomic E-state index is 0.176. The fourth-order valence-corrected chi connectivity index (χ4v) is 0. The van der Waals surface area contributed by atoms with E-state index in [1.54, 1.807) is 0 Å². The van der Waals surface area contributed by atoms with Crippen LogP contribution in [0.2, 0.25) is 0 Å². The third-order valence-electron chi connectivity index (χ3n) is 0.365. The second-order valence-corrected chi connectivity index (χ2v) is 2.52. The van der Waals surface area contributed by atoms with Crippen LogP contribution < -0.4 is 5.84 Å². The molecule has 0 radical (unpaired) electrons. The summed E-state index contributed by atoms with van der Waals surface area (Å²) in [4.78, 5) is 9.60. The van der Waals surface area contributed by atoms with Gasteiger partial charge in [0.15, 0.2) is 0 Å². The molecule has 0 bridgehead atoms. The van der Waals surface area contributed by atoms with Gasteiger partial charge in [0.25, 0.3) is 0 Å². The fraction of sp³-hybridized carbons (Fsp3) is 0.500. The van der Waals surface area contributed by atoms with Gasteiger partial charge in [0, 0.05) is 5.57 Å². The number of carboxylic acid groups (broad SMARTS) is 1. The zero-order valence-electron chi connectivity index (χ0n) is 7.00. The molecule has 66 valence electrons. The Morgan fingerprint density at radius 2 is 1.73 bits per heavy atom. The molecule has 0 aromatic heterocycles. The van der Waals surface area contributed by atoms with Gasteiger partial charge in [-0.3, -0.25) is 4.76 Å². The molecule has 0 fully saturated rings. The van der Waals surface area contributed by atoms with Crippen LogP contribution in [0, 0.1) is 5.21 Å². The van der Waals surface area contributed by atoms with E-state index in [9.17, 15) is 10.0 Å². The molecular weight excluding hydrogens is 148 g/mol. The van der Waals surface area contributed by atoms with Gasteiger partial charge in [-0.1, -0.05) is 6.58 Å². The van der Waals surface area contributed by atoms with Crippen LogP contribution >= 0.6 is 0 Å². The van der Waals surface area contributed by atoms with Crippen LogP contribution in [-0.2, 0) is 4.79 Å². The molecule has 0 rings (SSSR count). The Morgan fingerprint density at radius 1 is 1.64 bits per heavy atom. The van der Waals surface area contributed by atoms with Crippen LogP contribution in [0.1, 0.15) is 6.92 Å². The quantitative estimate of drug-likeness (QED) is 0.247. The van der Waals surface area contributed by atoms with Crippen molar-refractivity contribution in [2.75, 3.05) is 14.1 Å². The van der Waals surface area contributed by atoms with E-state index >= 15 is 0 Å². The highest BCUT2D eigenvalue weighted by molar-refractivity contribution is 5.84. The Balaban J connectivity index is 0. The van der Waals surface area contributed by atoms with Crippen LogP contribution in [0.5, 0.6) is 0 Å². The monoisotopic (exact) mass is 162 g/mol. The van der Waals surface area contributed by atoms with E-state index in [0.29, 0.717) is 0 Å². The molecule has 3 N–H and O–H groups in total. The molecule has 0 aromatic rings. The van der Waals surface area contributed by atoms with E-state index in [-0.39, 0.29) is 5.57 Å². The molecule has 0 spiro atoms. The van der Waals surface area contributed by atoms with Crippen molar-refractivity contribution in [3.63, 3.8) is 0 Å². The van der Waals surface area contributed by atoms with Gasteiger partial charge in [-0.05, 0) is 6.92 Å². The normalized spacial score (nSPS) is 9.55. The summed E-state index contributed by atoms with van der Waals surface area (Å²) in [5.41, 5.74) is 0.176. The molecule has 0 saturated heterocycles. The summed E-state index contributed by atoms with van der Waals surface area (Å²) in [5.74, 6) is 3.80. The Labute approximate surface area is 65.9 Å². The lowest BCUT2D eigenvalue weighted by molar-refractivity contribution is -0.852. The van der Waals surface area contributed by atoms with Crippen LogP contribution in [0.25, 0.3) is 0 Å². The van der Waals surface area contributed by atoms with Gasteiger partial charge in [0.2, 0.25) is 0 Å². The third kappa shape index (κ3) is 47.9. The number of quaternary nitrogens is 1. The van der Waals surface area contributed by atoms with Gasteiger partial charge in [0.05, 0.1) is 14.1 Å². The Hall–Kier alpha value is -0.910. The minimum atomic E-state index is -0.935. The highest BCUT2D eigenvalue weighted by atomic mass is 16.6. The second-order valence-electron chi connectivity index (χ2n) is 2.52. The first-order valence-corrected chi connectivity index (χ1v) is 2.87. The minimum Gasteiger partial charge on any atom is -0.612 e. The summed E-state index contributed by atoms with van der Waals surface area (Å²) >= 11 is 0. The second kappa shape index (κ2) is 4.84. The molecule has 0 atom stereocenters. The predicted molar refractivity (Wildman–Crippen MR) is 42.1 cm³/mol. The fourth-order valence-electron chi connectivity index (χ4n) is 0. The van der Waals surface area contributed by atoms with E-state index < -0.39 is 10.7 Å². The summed E-state index contributed by atoms with van der Waals surface area (Å²) in [6.07, 6.45) is 0. The van der Waals surface area contributed by atoms with Crippen molar-refractivity contribution >= 4 is 5.97 Å². The molecule has 11 heavy (non-hydrogen) atoms. The molecule has 5 nitrogen and oxygen atoms in total. The van der Waals surface area contributed by atoms with Crippen LogP contribution in [-0.4, -0.2) is 29.9 Å². The molecule has 0 aliphatic heterocycles. The maximum absolute atomic E-state index is 9.82. The van der Waals surface area contributed by atoms with Gasteiger partial charge in [0.1, 0.15) is 0 Å². The lowest BCUT2D eigenvalue weighted by atomic mass is 10.4. The van der Waals surface area contributed by atoms with Gasteiger partial charge in [-0.2, -0.15) is 5.84 Å². The first kappa shape index (κ1) is 12.7. The number of rotatable bonds is 1. The van der Waals surface area contributed by atoms with Crippen LogP contribution in [0.4, 0.5) is 0 Å². The van der Waals surface area contributed by atoms with Crippen LogP contribution in [0.3, 0.4) is 0 Å². The van der Waals surface area contributed by atoms with E-state index in [2.05, 4.69) is 6.58 Å². The van der Waals surface area contributed by atoms with E-state index in [1.165, 1.54) is 21.0 Å². The molecule has 0 amide bonds. The Kier molecular flexibility index (Phi) is 5.60. The molecule has 0 saturated carbocycles. The summed E-state index contributed by atoms with van der Waals surface area (Å²) in [6.45, 7) is 4.60. The first-order chi connectivity index (χ1) is 4.64. The number of nitrogens with zero attached hydrogens (tertiary/aromatic N) is 1. The highest BCUT2D eigenvalue weighted by Crippen LogP contribution is 1.81. The number of nitrogens with two attached hydrogens (primary N) is 1. The number of hydrogen-bond donors (Lipinski definition) is 2. The predicted octanol–water partition coefficient (Wildman–Crippen LogP) is 0.0814. The van der Waals surface area contributed by atoms with Crippen LogP contribution in [0.15, 0.2) is 12.2 Å². The standard InChI is InChI=1S/C4H6O2.C2H8N2O/c1-3(2)4(5)6;1-4(2,3)5/h1H2,2H3,(H,5,6);3H2,1-2H3. The van der Waals surface area contributed by atoms with Gasteiger partial charge >= 0.3 is 5.97 Å². The molecule has 0 unspecified atom stereocenters. The van der Waals surface area contributed by atoms with Crippen molar-refractivity contribution in [3.8, 4) is 0 Å². The Bertz CT molecular complexity index is 130.